The number of rotatable bonds is 2. The van der Waals surface area contributed by atoms with Gasteiger partial charge in [0.1, 0.15) is 16.4 Å². The molecule has 2 aromatic rings. The summed E-state index contributed by atoms with van der Waals surface area (Å²) in [6.45, 7) is 1.83. The molecule has 1 heterocycles. The Morgan fingerprint density at radius 1 is 1.44 bits per heavy atom. The average Bonchev–Trinajstić information content (AvgIpc) is 2.53. The summed E-state index contributed by atoms with van der Waals surface area (Å²) in [5.74, 6) is 0.928. The fourth-order valence-electron chi connectivity index (χ4n) is 1.97. The lowest BCUT2D eigenvalue weighted by Gasteiger charge is -2.11. The first-order valence-corrected chi connectivity index (χ1v) is 7.16. The van der Waals surface area contributed by atoms with E-state index in [0.29, 0.717) is 16.7 Å². The standard InChI is InChI=1S/C11H15N3O3S/c1-6-13-7-5-8(18(4,15)16)11(17-3)9(12)10(7)14(6)2/h5H,12H2,1-4H3. The van der Waals surface area contributed by atoms with E-state index in [2.05, 4.69) is 4.98 Å². The first kappa shape index (κ1) is 12.7. The lowest BCUT2D eigenvalue weighted by atomic mass is 10.2. The van der Waals surface area contributed by atoms with Crippen molar-refractivity contribution in [2.45, 2.75) is 11.8 Å². The third-order valence-corrected chi connectivity index (χ3v) is 4.04. The van der Waals surface area contributed by atoms with Gasteiger partial charge in [-0.3, -0.25) is 0 Å². The Kier molecular flexibility index (Phi) is 2.73. The van der Waals surface area contributed by atoms with Crippen LogP contribution in [0.3, 0.4) is 0 Å². The third-order valence-electron chi connectivity index (χ3n) is 2.94. The second kappa shape index (κ2) is 3.88. The minimum Gasteiger partial charge on any atom is -0.493 e. The maximum Gasteiger partial charge on any atom is 0.179 e. The highest BCUT2D eigenvalue weighted by molar-refractivity contribution is 7.90. The van der Waals surface area contributed by atoms with E-state index < -0.39 is 9.84 Å². The summed E-state index contributed by atoms with van der Waals surface area (Å²) in [5, 5.41) is 0. The molecule has 0 aliphatic rings. The Bertz CT molecular complexity index is 732. The van der Waals surface area contributed by atoms with Crippen LogP contribution in [0.2, 0.25) is 0 Å². The second-order valence-corrected chi connectivity index (χ2v) is 6.16. The van der Waals surface area contributed by atoms with Crippen LogP contribution in [-0.2, 0) is 16.9 Å². The van der Waals surface area contributed by atoms with Gasteiger partial charge >= 0.3 is 0 Å². The summed E-state index contributed by atoms with van der Waals surface area (Å²) in [6.07, 6.45) is 1.12. The first-order chi connectivity index (χ1) is 8.27. The summed E-state index contributed by atoms with van der Waals surface area (Å²) in [4.78, 5) is 4.35. The molecule has 0 unspecified atom stereocenters. The number of benzene rings is 1. The number of anilines is 1. The first-order valence-electron chi connectivity index (χ1n) is 5.27. The molecular weight excluding hydrogens is 254 g/mol. The molecule has 2 rings (SSSR count). The van der Waals surface area contributed by atoms with Gasteiger partial charge in [0.25, 0.3) is 0 Å². The van der Waals surface area contributed by atoms with Crippen LogP contribution in [0.25, 0.3) is 11.0 Å². The molecule has 0 aliphatic carbocycles. The van der Waals surface area contributed by atoms with Crippen LogP contribution < -0.4 is 10.5 Å². The van der Waals surface area contributed by atoms with E-state index in [9.17, 15) is 8.42 Å². The minimum absolute atomic E-state index is 0.0631. The van der Waals surface area contributed by atoms with Crippen LogP contribution in [0.1, 0.15) is 5.82 Å². The molecular formula is C11H15N3O3S. The number of ether oxygens (including phenoxy) is 1. The number of nitrogen functional groups attached to an aromatic ring is 1. The van der Waals surface area contributed by atoms with E-state index in [4.69, 9.17) is 10.5 Å². The molecule has 0 amide bonds. The van der Waals surface area contributed by atoms with Gasteiger partial charge in [0, 0.05) is 13.3 Å². The molecule has 0 saturated carbocycles. The Morgan fingerprint density at radius 3 is 2.56 bits per heavy atom. The molecule has 6 nitrogen and oxygen atoms in total. The highest BCUT2D eigenvalue weighted by Crippen LogP contribution is 2.36. The van der Waals surface area contributed by atoms with Crippen molar-refractivity contribution in [3.8, 4) is 5.75 Å². The van der Waals surface area contributed by atoms with E-state index in [-0.39, 0.29) is 10.6 Å². The molecule has 0 atom stereocenters. The zero-order valence-corrected chi connectivity index (χ0v) is 11.5. The van der Waals surface area contributed by atoms with E-state index in [1.165, 1.54) is 13.2 Å². The van der Waals surface area contributed by atoms with Crippen molar-refractivity contribution in [2.75, 3.05) is 19.1 Å². The lowest BCUT2D eigenvalue weighted by Crippen LogP contribution is -2.05. The molecule has 18 heavy (non-hydrogen) atoms. The van der Waals surface area contributed by atoms with Crippen LogP contribution >= 0.6 is 0 Å². The van der Waals surface area contributed by atoms with Crippen LogP contribution in [0.15, 0.2) is 11.0 Å². The summed E-state index contributed by atoms with van der Waals surface area (Å²) < 4.78 is 30.4. The van der Waals surface area contributed by atoms with E-state index in [0.717, 1.165) is 12.1 Å². The number of aromatic nitrogens is 2. The zero-order chi connectivity index (χ0) is 13.7. The predicted molar refractivity (Wildman–Crippen MR) is 69.5 cm³/mol. The number of methoxy groups -OCH3 is 1. The normalized spacial score (nSPS) is 12.0. The lowest BCUT2D eigenvalue weighted by molar-refractivity contribution is 0.405. The number of sulfone groups is 1. The van der Waals surface area contributed by atoms with Gasteiger partial charge in [-0.25, -0.2) is 13.4 Å². The minimum atomic E-state index is -3.42. The largest absolute Gasteiger partial charge is 0.493 e. The maximum absolute atomic E-state index is 11.7. The van der Waals surface area contributed by atoms with E-state index in [1.54, 1.807) is 4.57 Å². The molecule has 1 aromatic carbocycles. The fourth-order valence-corrected chi connectivity index (χ4v) is 2.83. The molecule has 7 heteroatoms. The molecule has 1 aromatic heterocycles. The van der Waals surface area contributed by atoms with E-state index in [1.807, 2.05) is 14.0 Å². The summed E-state index contributed by atoms with van der Waals surface area (Å²) in [7, 11) is -0.199. The fraction of sp³-hybridized carbons (Fsp3) is 0.364. The SMILES string of the molecule is COc1c(S(C)(=O)=O)cc2nc(C)n(C)c2c1N. The van der Waals surface area contributed by atoms with Gasteiger partial charge in [0.05, 0.1) is 18.1 Å². The molecule has 0 saturated heterocycles. The van der Waals surface area contributed by atoms with Crippen LogP contribution in [-0.4, -0.2) is 31.3 Å². The summed E-state index contributed by atoms with van der Waals surface area (Å²) in [6, 6.07) is 1.49. The highest BCUT2D eigenvalue weighted by Gasteiger charge is 2.22. The quantitative estimate of drug-likeness (QED) is 0.818. The van der Waals surface area contributed by atoms with Gasteiger partial charge in [-0.15, -0.1) is 0 Å². The third kappa shape index (κ3) is 1.71. The molecule has 98 valence electrons. The molecule has 0 fully saturated rings. The number of fused-ring (bicyclic) bond motifs is 1. The van der Waals surface area contributed by atoms with Crippen molar-refractivity contribution in [1.82, 2.24) is 9.55 Å². The van der Waals surface area contributed by atoms with Crippen LogP contribution in [0, 0.1) is 6.92 Å². The van der Waals surface area contributed by atoms with Crippen LogP contribution in [0.5, 0.6) is 5.75 Å². The van der Waals surface area contributed by atoms with Gasteiger partial charge < -0.3 is 15.0 Å². The van der Waals surface area contributed by atoms with Gasteiger partial charge in [-0.1, -0.05) is 0 Å². The Labute approximate surface area is 105 Å². The Balaban J connectivity index is 3.00. The zero-order valence-electron chi connectivity index (χ0n) is 10.7. The number of imidazole rings is 1. The second-order valence-electron chi connectivity index (χ2n) is 4.18. The van der Waals surface area contributed by atoms with Crippen molar-refractivity contribution in [1.29, 1.82) is 0 Å². The van der Waals surface area contributed by atoms with Gasteiger partial charge in [0.15, 0.2) is 15.6 Å². The molecule has 0 spiro atoms. The van der Waals surface area contributed by atoms with Crippen molar-refractivity contribution in [2.24, 2.45) is 7.05 Å². The topological polar surface area (TPSA) is 87.2 Å². The van der Waals surface area contributed by atoms with Crippen molar-refractivity contribution in [3.05, 3.63) is 11.9 Å². The molecule has 0 bridgehead atoms. The van der Waals surface area contributed by atoms with Gasteiger partial charge in [-0.05, 0) is 13.0 Å². The predicted octanol–water partition coefficient (Wildman–Crippen LogP) is 0.876. The highest BCUT2D eigenvalue weighted by atomic mass is 32.2. The van der Waals surface area contributed by atoms with Crippen molar-refractivity contribution in [3.63, 3.8) is 0 Å². The van der Waals surface area contributed by atoms with Gasteiger partial charge in [-0.2, -0.15) is 0 Å². The van der Waals surface area contributed by atoms with Gasteiger partial charge in [0.2, 0.25) is 0 Å². The number of nitrogens with two attached hydrogens (primary N) is 1. The monoisotopic (exact) mass is 269 g/mol. The number of hydrogen-bond acceptors (Lipinski definition) is 5. The summed E-state index contributed by atoms with van der Waals surface area (Å²) in [5.41, 5.74) is 7.51. The smallest absolute Gasteiger partial charge is 0.179 e. The number of nitrogens with zero attached hydrogens (tertiary/aromatic N) is 2. The van der Waals surface area contributed by atoms with Crippen molar-refractivity contribution >= 4 is 26.6 Å². The average molecular weight is 269 g/mol. The van der Waals surface area contributed by atoms with E-state index >= 15 is 0 Å². The molecule has 0 radical (unpaired) electrons. The summed E-state index contributed by atoms with van der Waals surface area (Å²) >= 11 is 0. The number of hydrogen-bond donors (Lipinski definition) is 1. The number of aryl methyl sites for hydroxylation is 2. The van der Waals surface area contributed by atoms with Crippen molar-refractivity contribution < 1.29 is 13.2 Å². The maximum atomic E-state index is 11.7. The van der Waals surface area contributed by atoms with Crippen LogP contribution in [0.4, 0.5) is 5.69 Å². The molecule has 2 N–H and O–H groups in total. The molecule has 0 aliphatic heterocycles. The Morgan fingerprint density at radius 2 is 2.06 bits per heavy atom. The Hall–Kier alpha value is -1.76.